The Morgan fingerprint density at radius 1 is 1.00 bits per heavy atom. The molecule has 2 aromatic carbocycles. The summed E-state index contributed by atoms with van der Waals surface area (Å²) in [6, 6.07) is 18.2. The molecule has 5 heteroatoms. The lowest BCUT2D eigenvalue weighted by molar-refractivity contribution is -0.133. The summed E-state index contributed by atoms with van der Waals surface area (Å²) in [5, 5.41) is 8.93. The molecule has 4 rings (SSSR count). The van der Waals surface area contributed by atoms with E-state index in [0.717, 1.165) is 62.0 Å². The second kappa shape index (κ2) is 8.06. The molecule has 144 valence electrons. The molecule has 1 amide bonds. The van der Waals surface area contributed by atoms with Gasteiger partial charge in [0.05, 0.1) is 17.0 Å². The molecule has 0 radical (unpaired) electrons. The van der Waals surface area contributed by atoms with Gasteiger partial charge >= 0.3 is 0 Å². The third kappa shape index (κ3) is 3.99. The minimum absolute atomic E-state index is 0.289. The quantitative estimate of drug-likeness (QED) is 0.723. The van der Waals surface area contributed by atoms with E-state index in [1.165, 1.54) is 5.56 Å². The first-order valence-corrected chi connectivity index (χ1v) is 10.7. The van der Waals surface area contributed by atoms with E-state index in [1.807, 2.05) is 36.4 Å². The second-order valence-corrected chi connectivity index (χ2v) is 8.74. The number of carbonyl (C=O) groups is 1. The highest BCUT2D eigenvalue weighted by atomic mass is 79.9. The molecule has 2 aliphatic rings. The van der Waals surface area contributed by atoms with Crippen LogP contribution in [0.4, 0.5) is 0 Å². The highest BCUT2D eigenvalue weighted by molar-refractivity contribution is 9.10. The van der Waals surface area contributed by atoms with Crippen LogP contribution >= 0.6 is 15.9 Å². The van der Waals surface area contributed by atoms with Crippen molar-refractivity contribution in [3.63, 3.8) is 0 Å². The maximum Gasteiger partial charge on any atom is 0.233 e. The molecule has 0 atom stereocenters. The van der Waals surface area contributed by atoms with Crippen molar-refractivity contribution in [1.29, 1.82) is 5.26 Å². The van der Waals surface area contributed by atoms with Gasteiger partial charge in [0, 0.05) is 37.2 Å². The van der Waals surface area contributed by atoms with Gasteiger partial charge in [-0.2, -0.15) is 5.26 Å². The topological polar surface area (TPSA) is 47.3 Å². The normalized spacial score (nSPS) is 18.9. The summed E-state index contributed by atoms with van der Waals surface area (Å²) in [6.07, 6.45) is 2.91. The Bertz CT molecular complexity index is 882. The van der Waals surface area contributed by atoms with Crippen molar-refractivity contribution in [3.05, 3.63) is 69.7 Å². The lowest BCUT2D eigenvalue weighted by Gasteiger charge is -2.27. The van der Waals surface area contributed by atoms with Gasteiger partial charge in [-0.3, -0.25) is 9.69 Å². The van der Waals surface area contributed by atoms with E-state index in [1.54, 1.807) is 0 Å². The zero-order chi connectivity index (χ0) is 19.6. The third-order valence-electron chi connectivity index (χ3n) is 5.92. The van der Waals surface area contributed by atoms with Gasteiger partial charge in [0.25, 0.3) is 0 Å². The molecule has 0 bridgehead atoms. The highest BCUT2D eigenvalue weighted by Gasteiger charge is 2.52. The smallest absolute Gasteiger partial charge is 0.233 e. The molecule has 4 nitrogen and oxygen atoms in total. The van der Waals surface area contributed by atoms with Crippen LogP contribution in [0, 0.1) is 11.3 Å². The fourth-order valence-corrected chi connectivity index (χ4v) is 4.36. The van der Waals surface area contributed by atoms with Crippen molar-refractivity contribution >= 4 is 21.8 Å². The van der Waals surface area contributed by atoms with Crippen molar-refractivity contribution in [2.75, 3.05) is 26.2 Å². The Kier molecular flexibility index (Phi) is 5.52. The molecule has 2 aromatic rings. The average Bonchev–Trinajstić information content (AvgIpc) is 3.54. The Morgan fingerprint density at radius 2 is 1.71 bits per heavy atom. The van der Waals surface area contributed by atoms with Gasteiger partial charge in [-0.15, -0.1) is 0 Å². The molecule has 1 saturated heterocycles. The average molecular weight is 438 g/mol. The number of nitrogens with zero attached hydrogens (tertiary/aromatic N) is 3. The van der Waals surface area contributed by atoms with Gasteiger partial charge in [0.1, 0.15) is 0 Å². The number of benzene rings is 2. The van der Waals surface area contributed by atoms with E-state index in [0.29, 0.717) is 11.5 Å². The molecule has 0 N–H and O–H groups in total. The van der Waals surface area contributed by atoms with Crippen LogP contribution in [0.3, 0.4) is 0 Å². The lowest BCUT2D eigenvalue weighted by atomic mass is 9.94. The first-order valence-electron chi connectivity index (χ1n) is 9.87. The van der Waals surface area contributed by atoms with E-state index >= 15 is 0 Å². The van der Waals surface area contributed by atoms with Gasteiger partial charge in [-0.1, -0.05) is 40.2 Å². The second-order valence-electron chi connectivity index (χ2n) is 7.82. The van der Waals surface area contributed by atoms with E-state index in [2.05, 4.69) is 43.9 Å². The van der Waals surface area contributed by atoms with Gasteiger partial charge in [0.15, 0.2) is 0 Å². The van der Waals surface area contributed by atoms with E-state index in [9.17, 15) is 4.79 Å². The number of hydrogen-bond acceptors (Lipinski definition) is 3. The molecule has 0 unspecified atom stereocenters. The van der Waals surface area contributed by atoms with Crippen LogP contribution in [-0.2, 0) is 16.8 Å². The predicted molar refractivity (Wildman–Crippen MR) is 113 cm³/mol. The number of hydrogen-bond donors (Lipinski definition) is 0. The van der Waals surface area contributed by atoms with Crippen LogP contribution in [0.1, 0.15) is 36.0 Å². The first-order chi connectivity index (χ1) is 13.6. The van der Waals surface area contributed by atoms with Crippen LogP contribution in [-0.4, -0.2) is 41.9 Å². The van der Waals surface area contributed by atoms with Crippen molar-refractivity contribution in [2.24, 2.45) is 0 Å². The standard InChI is InChI=1S/C23H24BrN3O/c24-21-8-6-20(7-9-21)23(10-11-23)22(28)27-13-1-12-26(14-15-27)17-19-4-2-18(16-25)3-5-19/h2-9H,1,10-15,17H2. The number of halogens is 1. The molecule has 28 heavy (non-hydrogen) atoms. The van der Waals surface area contributed by atoms with Crippen LogP contribution in [0.5, 0.6) is 0 Å². The van der Waals surface area contributed by atoms with Gasteiger partial charge in [0.2, 0.25) is 5.91 Å². The van der Waals surface area contributed by atoms with Crippen molar-refractivity contribution in [3.8, 4) is 6.07 Å². The SMILES string of the molecule is N#Cc1ccc(CN2CCCN(C(=O)C3(c4ccc(Br)cc4)CC3)CC2)cc1. The molecular formula is C23H24BrN3O. The van der Waals surface area contributed by atoms with E-state index in [4.69, 9.17) is 5.26 Å². The first kappa shape index (κ1) is 19.2. The molecule has 0 spiro atoms. The predicted octanol–water partition coefficient (Wildman–Crippen LogP) is 4.09. The number of amides is 1. The number of carbonyl (C=O) groups excluding carboxylic acids is 1. The lowest BCUT2D eigenvalue weighted by Crippen LogP contribution is -2.41. The Hall–Kier alpha value is -2.16. The summed E-state index contributed by atoms with van der Waals surface area (Å²) in [4.78, 5) is 17.8. The Morgan fingerprint density at radius 3 is 2.36 bits per heavy atom. The monoisotopic (exact) mass is 437 g/mol. The van der Waals surface area contributed by atoms with Crippen LogP contribution in [0.2, 0.25) is 0 Å². The maximum atomic E-state index is 13.3. The fraction of sp³-hybridized carbons (Fsp3) is 0.391. The maximum absolute atomic E-state index is 13.3. The fourth-order valence-electron chi connectivity index (χ4n) is 4.10. The summed E-state index contributed by atoms with van der Waals surface area (Å²) < 4.78 is 1.05. The number of rotatable bonds is 4. The summed E-state index contributed by atoms with van der Waals surface area (Å²) in [5.74, 6) is 0.301. The molecule has 0 aromatic heterocycles. The highest BCUT2D eigenvalue weighted by Crippen LogP contribution is 2.49. The van der Waals surface area contributed by atoms with Gasteiger partial charge in [-0.25, -0.2) is 0 Å². The third-order valence-corrected chi connectivity index (χ3v) is 6.45. The zero-order valence-electron chi connectivity index (χ0n) is 15.9. The van der Waals surface area contributed by atoms with Crippen molar-refractivity contribution in [2.45, 2.75) is 31.2 Å². The van der Waals surface area contributed by atoms with E-state index < -0.39 is 0 Å². The van der Waals surface area contributed by atoms with E-state index in [-0.39, 0.29) is 5.41 Å². The molecule has 1 aliphatic heterocycles. The minimum Gasteiger partial charge on any atom is -0.341 e. The largest absolute Gasteiger partial charge is 0.341 e. The zero-order valence-corrected chi connectivity index (χ0v) is 17.5. The molecule has 2 fully saturated rings. The molecule has 1 saturated carbocycles. The van der Waals surface area contributed by atoms with Crippen LogP contribution < -0.4 is 0 Å². The molecule has 1 heterocycles. The van der Waals surface area contributed by atoms with Gasteiger partial charge in [-0.05, 0) is 54.7 Å². The summed E-state index contributed by atoms with van der Waals surface area (Å²) >= 11 is 3.48. The van der Waals surface area contributed by atoms with Gasteiger partial charge < -0.3 is 4.90 Å². The molecular weight excluding hydrogens is 414 g/mol. The van der Waals surface area contributed by atoms with Crippen LogP contribution in [0.15, 0.2) is 53.0 Å². The summed E-state index contributed by atoms with van der Waals surface area (Å²) in [7, 11) is 0. The summed E-state index contributed by atoms with van der Waals surface area (Å²) in [5.41, 5.74) is 2.77. The Labute approximate surface area is 174 Å². The Balaban J connectivity index is 1.39. The minimum atomic E-state index is -0.289. The van der Waals surface area contributed by atoms with Crippen LogP contribution in [0.25, 0.3) is 0 Å². The van der Waals surface area contributed by atoms with Crippen molar-refractivity contribution in [1.82, 2.24) is 9.80 Å². The summed E-state index contributed by atoms with van der Waals surface area (Å²) in [6.45, 7) is 4.37. The van der Waals surface area contributed by atoms with Crippen molar-refractivity contribution < 1.29 is 4.79 Å². The molecule has 1 aliphatic carbocycles. The number of nitriles is 1.